The van der Waals surface area contributed by atoms with Crippen LogP contribution in [0.5, 0.6) is 0 Å². The first-order valence-electron chi connectivity index (χ1n) is 10.2. The molecule has 0 unspecified atom stereocenters. The van der Waals surface area contributed by atoms with Gasteiger partial charge < -0.3 is 4.74 Å². The summed E-state index contributed by atoms with van der Waals surface area (Å²) in [6.45, 7) is 11.7. The number of imide groups is 1. The molecule has 3 rings (SSSR count). The molecule has 0 aliphatic carbocycles. The summed E-state index contributed by atoms with van der Waals surface area (Å²) >= 11 is 6.41. The highest BCUT2D eigenvalue weighted by molar-refractivity contribution is 6.34. The molecule has 0 spiro atoms. The number of carbonyl (C=O) groups is 3. The van der Waals surface area contributed by atoms with Crippen molar-refractivity contribution in [3.05, 3.63) is 88.0 Å². The fourth-order valence-electron chi connectivity index (χ4n) is 3.82. The fraction of sp³-hybridized carbons (Fsp3) is 0.269. The van der Waals surface area contributed by atoms with Gasteiger partial charge in [0.1, 0.15) is 0 Å². The summed E-state index contributed by atoms with van der Waals surface area (Å²) < 4.78 is 4.85. The molecule has 2 aromatic carbocycles. The van der Waals surface area contributed by atoms with Crippen LogP contribution in [0.2, 0.25) is 5.02 Å². The van der Waals surface area contributed by atoms with Gasteiger partial charge in [-0.05, 0) is 41.7 Å². The van der Waals surface area contributed by atoms with Gasteiger partial charge >= 0.3 is 5.97 Å². The quantitative estimate of drug-likeness (QED) is 0.349. The Bertz CT molecular complexity index is 1140. The van der Waals surface area contributed by atoms with E-state index < -0.39 is 23.7 Å². The summed E-state index contributed by atoms with van der Waals surface area (Å²) in [5.74, 6) is -2.54. The monoisotopic (exact) mass is 451 g/mol. The molecule has 0 saturated heterocycles. The van der Waals surface area contributed by atoms with Gasteiger partial charge in [0, 0.05) is 27.7 Å². The summed E-state index contributed by atoms with van der Waals surface area (Å²) in [6, 6.07) is 14.2. The van der Waals surface area contributed by atoms with Crippen LogP contribution in [-0.4, -0.2) is 24.9 Å². The third-order valence-electron chi connectivity index (χ3n) is 5.65. The van der Waals surface area contributed by atoms with E-state index in [0.29, 0.717) is 16.3 Å². The predicted molar refractivity (Wildman–Crippen MR) is 126 cm³/mol. The number of amides is 2. The average Bonchev–Trinajstić information content (AvgIpc) is 2.97. The standard InChI is InChI=1S/C26H26ClNO4/c1-15-22(21(16(2)25(31)32-6)19-9-7-8-10-20(19)27)24(30)28(23(15)29)18-13-11-17(12-14-18)26(3,4)5/h7-14,21H,2H2,1,3-6H3/t21-/m0/s1. The van der Waals surface area contributed by atoms with Crippen LogP contribution in [0, 0.1) is 0 Å². The largest absolute Gasteiger partial charge is 0.466 e. The second kappa shape index (κ2) is 8.75. The van der Waals surface area contributed by atoms with E-state index in [9.17, 15) is 14.4 Å². The van der Waals surface area contributed by atoms with Crippen LogP contribution in [0.25, 0.3) is 0 Å². The molecule has 32 heavy (non-hydrogen) atoms. The van der Waals surface area contributed by atoms with E-state index in [-0.39, 0.29) is 22.1 Å². The van der Waals surface area contributed by atoms with E-state index in [0.717, 1.165) is 10.5 Å². The molecular formula is C26H26ClNO4. The molecule has 0 bridgehead atoms. The number of rotatable bonds is 5. The maximum atomic E-state index is 13.6. The van der Waals surface area contributed by atoms with Gasteiger partial charge in [-0.1, -0.05) is 69.3 Å². The number of methoxy groups -OCH3 is 1. The van der Waals surface area contributed by atoms with Crippen LogP contribution in [-0.2, 0) is 24.5 Å². The molecule has 2 aromatic rings. The van der Waals surface area contributed by atoms with E-state index in [2.05, 4.69) is 27.4 Å². The number of anilines is 1. The van der Waals surface area contributed by atoms with Crippen molar-refractivity contribution >= 4 is 35.1 Å². The zero-order valence-electron chi connectivity index (χ0n) is 18.9. The normalized spacial score (nSPS) is 15.2. The summed E-state index contributed by atoms with van der Waals surface area (Å²) in [5.41, 5.74) is 2.42. The van der Waals surface area contributed by atoms with Crippen LogP contribution in [0.1, 0.15) is 44.7 Å². The average molecular weight is 452 g/mol. The minimum atomic E-state index is -0.911. The Morgan fingerprint density at radius 1 is 1.03 bits per heavy atom. The highest BCUT2D eigenvalue weighted by atomic mass is 35.5. The number of carbonyl (C=O) groups excluding carboxylic acids is 3. The van der Waals surface area contributed by atoms with Gasteiger partial charge in [0.2, 0.25) is 0 Å². The molecule has 0 fully saturated rings. The van der Waals surface area contributed by atoms with Gasteiger partial charge in [-0.15, -0.1) is 0 Å². The molecule has 0 saturated carbocycles. The molecule has 6 heteroatoms. The first kappa shape index (κ1) is 23.5. The topological polar surface area (TPSA) is 63.7 Å². The number of hydrogen-bond donors (Lipinski definition) is 0. The van der Waals surface area contributed by atoms with E-state index in [1.807, 2.05) is 12.1 Å². The van der Waals surface area contributed by atoms with E-state index in [1.165, 1.54) is 7.11 Å². The lowest BCUT2D eigenvalue weighted by molar-refractivity contribution is -0.136. The molecule has 0 radical (unpaired) electrons. The van der Waals surface area contributed by atoms with Crippen molar-refractivity contribution in [2.24, 2.45) is 0 Å². The summed E-state index contributed by atoms with van der Waals surface area (Å²) in [4.78, 5) is 40.2. The zero-order valence-corrected chi connectivity index (χ0v) is 19.6. The smallest absolute Gasteiger partial charge is 0.334 e. The SMILES string of the molecule is C=C(C(=O)OC)[C@H](C1=C(C)C(=O)N(c2ccc(C(C)(C)C)cc2)C1=O)c1ccccc1Cl. The molecule has 0 aromatic heterocycles. The number of ether oxygens (including phenoxy) is 1. The number of halogens is 1. The van der Waals surface area contributed by atoms with Crippen molar-refractivity contribution in [1.29, 1.82) is 0 Å². The maximum Gasteiger partial charge on any atom is 0.334 e. The molecule has 5 nitrogen and oxygen atoms in total. The van der Waals surface area contributed by atoms with Crippen molar-refractivity contribution in [2.75, 3.05) is 12.0 Å². The van der Waals surface area contributed by atoms with Gasteiger partial charge in [-0.2, -0.15) is 0 Å². The molecule has 1 heterocycles. The third-order valence-corrected chi connectivity index (χ3v) is 6.00. The van der Waals surface area contributed by atoms with Gasteiger partial charge in [0.15, 0.2) is 0 Å². The Morgan fingerprint density at radius 2 is 1.62 bits per heavy atom. The van der Waals surface area contributed by atoms with Crippen LogP contribution < -0.4 is 4.90 Å². The number of hydrogen-bond acceptors (Lipinski definition) is 4. The lowest BCUT2D eigenvalue weighted by atomic mass is 9.83. The highest BCUT2D eigenvalue weighted by Crippen LogP contribution is 2.42. The number of nitrogens with zero attached hydrogens (tertiary/aromatic N) is 1. The van der Waals surface area contributed by atoms with Crippen LogP contribution in [0.15, 0.2) is 71.8 Å². The molecule has 2 amide bonds. The molecule has 166 valence electrons. The van der Waals surface area contributed by atoms with E-state index in [4.69, 9.17) is 16.3 Å². The number of esters is 1. The Balaban J connectivity index is 2.10. The molecule has 1 aliphatic heterocycles. The lowest BCUT2D eigenvalue weighted by Gasteiger charge is -2.23. The van der Waals surface area contributed by atoms with Gasteiger partial charge in [0.05, 0.1) is 12.8 Å². The molecule has 1 atom stereocenters. The maximum absolute atomic E-state index is 13.6. The molecular weight excluding hydrogens is 426 g/mol. The molecule has 1 aliphatic rings. The first-order valence-corrected chi connectivity index (χ1v) is 10.6. The Labute approximate surface area is 193 Å². The van der Waals surface area contributed by atoms with Gasteiger partial charge in [-0.25, -0.2) is 9.69 Å². The zero-order chi connectivity index (χ0) is 23.8. The summed E-state index contributed by atoms with van der Waals surface area (Å²) in [6.07, 6.45) is 0. The van der Waals surface area contributed by atoms with Gasteiger partial charge in [-0.3, -0.25) is 9.59 Å². The predicted octanol–water partition coefficient (Wildman–Crippen LogP) is 5.34. The molecule has 0 N–H and O–H groups in total. The highest BCUT2D eigenvalue weighted by Gasteiger charge is 2.43. The third kappa shape index (κ3) is 4.13. The fourth-order valence-corrected chi connectivity index (χ4v) is 4.06. The van der Waals surface area contributed by atoms with Crippen molar-refractivity contribution in [1.82, 2.24) is 0 Å². The van der Waals surface area contributed by atoms with Crippen molar-refractivity contribution < 1.29 is 19.1 Å². The Morgan fingerprint density at radius 3 is 2.16 bits per heavy atom. The minimum Gasteiger partial charge on any atom is -0.466 e. The minimum absolute atomic E-state index is 0.0287. The van der Waals surface area contributed by atoms with Crippen molar-refractivity contribution in [3.8, 4) is 0 Å². The number of benzene rings is 2. The second-order valence-corrected chi connectivity index (χ2v) is 9.16. The van der Waals surface area contributed by atoms with Crippen molar-refractivity contribution in [3.63, 3.8) is 0 Å². The van der Waals surface area contributed by atoms with Crippen molar-refractivity contribution in [2.45, 2.75) is 39.0 Å². The summed E-state index contributed by atoms with van der Waals surface area (Å²) in [5, 5.41) is 0.357. The van der Waals surface area contributed by atoms with Gasteiger partial charge in [0.25, 0.3) is 11.8 Å². The lowest BCUT2D eigenvalue weighted by Crippen LogP contribution is -2.32. The Hall–Kier alpha value is -3.18. The second-order valence-electron chi connectivity index (χ2n) is 8.75. The van der Waals surface area contributed by atoms with Crippen LogP contribution >= 0.6 is 11.6 Å². The first-order chi connectivity index (χ1) is 15.0. The van der Waals surface area contributed by atoms with Crippen LogP contribution in [0.4, 0.5) is 5.69 Å². The van der Waals surface area contributed by atoms with E-state index in [1.54, 1.807) is 43.3 Å². The Kier molecular flexibility index (Phi) is 6.42. The summed E-state index contributed by atoms with van der Waals surface area (Å²) in [7, 11) is 1.24. The van der Waals surface area contributed by atoms with E-state index >= 15 is 0 Å². The van der Waals surface area contributed by atoms with Crippen LogP contribution in [0.3, 0.4) is 0 Å².